The number of anilines is 1. The molecule has 1 aliphatic carbocycles. The van der Waals surface area contributed by atoms with Gasteiger partial charge in [-0.1, -0.05) is 6.07 Å². The summed E-state index contributed by atoms with van der Waals surface area (Å²) in [6, 6.07) is 7.63. The molecule has 1 aliphatic heterocycles. The van der Waals surface area contributed by atoms with E-state index in [1.807, 2.05) is 0 Å². The minimum atomic E-state index is 0.166. The summed E-state index contributed by atoms with van der Waals surface area (Å²) in [6.07, 6.45) is 4.22. The fraction of sp³-hybridized carbons (Fsp3) is 0.647. The first-order chi connectivity index (χ1) is 9.42. The topological polar surface area (TPSA) is 15.3 Å². The first-order valence-electron chi connectivity index (χ1n) is 7.72. The average Bonchev–Trinajstić information content (AvgIpc) is 2.98. The summed E-state index contributed by atoms with van der Waals surface area (Å²) in [6.45, 7) is 8.80. The minimum Gasteiger partial charge on any atom is -0.367 e. The van der Waals surface area contributed by atoms with Crippen LogP contribution in [0.3, 0.4) is 0 Å². The maximum atomic E-state index is 3.78. The zero-order valence-corrected chi connectivity index (χ0v) is 14.3. The summed E-state index contributed by atoms with van der Waals surface area (Å²) in [4.78, 5) is 2.61. The van der Waals surface area contributed by atoms with E-state index in [2.05, 4.69) is 65.1 Å². The van der Waals surface area contributed by atoms with Gasteiger partial charge < -0.3 is 10.2 Å². The molecule has 2 nitrogen and oxygen atoms in total. The molecule has 2 aliphatic rings. The molecule has 2 fully saturated rings. The Bertz CT molecular complexity index is 492. The van der Waals surface area contributed by atoms with Gasteiger partial charge in [-0.15, -0.1) is 0 Å². The number of rotatable bonds is 3. The molecule has 110 valence electrons. The van der Waals surface area contributed by atoms with Crippen molar-refractivity contribution in [3.05, 3.63) is 28.2 Å². The van der Waals surface area contributed by atoms with E-state index < -0.39 is 0 Å². The Hall–Kier alpha value is -0.540. The van der Waals surface area contributed by atoms with Gasteiger partial charge in [0, 0.05) is 29.1 Å². The van der Waals surface area contributed by atoms with Crippen molar-refractivity contribution in [3.63, 3.8) is 0 Å². The third-order valence-corrected chi connectivity index (χ3v) is 5.19. The predicted octanol–water partition coefficient (Wildman–Crippen LogP) is 4.33. The standard InChI is InChI=1S/C17H25BrN2/c1-17(2,3)19-10-12-5-7-16(15(18)9-12)20-11-13-4-6-14(20)8-13/h5,7,9,13-14,19H,4,6,8,10-11H2,1-3H3. The van der Waals surface area contributed by atoms with Gasteiger partial charge in [-0.3, -0.25) is 0 Å². The van der Waals surface area contributed by atoms with Gasteiger partial charge >= 0.3 is 0 Å². The van der Waals surface area contributed by atoms with Gasteiger partial charge in [0.15, 0.2) is 0 Å². The average molecular weight is 337 g/mol. The number of nitrogens with zero attached hydrogens (tertiary/aromatic N) is 1. The number of fused-ring (bicyclic) bond motifs is 2. The molecule has 1 saturated carbocycles. The molecule has 1 heterocycles. The lowest BCUT2D eigenvalue weighted by Gasteiger charge is -2.30. The molecule has 0 radical (unpaired) electrons. The molecule has 3 heteroatoms. The lowest BCUT2D eigenvalue weighted by Crippen LogP contribution is -2.35. The molecule has 0 aromatic heterocycles. The van der Waals surface area contributed by atoms with Crippen LogP contribution in [0.5, 0.6) is 0 Å². The molecular weight excluding hydrogens is 312 g/mol. The zero-order valence-electron chi connectivity index (χ0n) is 12.7. The lowest BCUT2D eigenvalue weighted by molar-refractivity contribution is 0.424. The van der Waals surface area contributed by atoms with Crippen LogP contribution in [0.4, 0.5) is 5.69 Å². The highest BCUT2D eigenvalue weighted by Crippen LogP contribution is 2.42. The summed E-state index contributed by atoms with van der Waals surface area (Å²) < 4.78 is 1.25. The van der Waals surface area contributed by atoms with E-state index in [9.17, 15) is 0 Å². The summed E-state index contributed by atoms with van der Waals surface area (Å²) in [5, 5.41) is 3.55. The van der Waals surface area contributed by atoms with Crippen LogP contribution in [0.1, 0.15) is 45.6 Å². The van der Waals surface area contributed by atoms with E-state index in [1.165, 1.54) is 41.5 Å². The van der Waals surface area contributed by atoms with E-state index in [-0.39, 0.29) is 5.54 Å². The van der Waals surface area contributed by atoms with Gasteiger partial charge in [0.1, 0.15) is 0 Å². The summed E-state index contributed by atoms with van der Waals surface area (Å²) >= 11 is 3.78. The van der Waals surface area contributed by atoms with Gasteiger partial charge in [0.25, 0.3) is 0 Å². The Labute approximate surface area is 131 Å². The number of nitrogens with one attached hydrogen (secondary N) is 1. The molecule has 1 aromatic carbocycles. The van der Waals surface area contributed by atoms with Crippen LogP contribution in [0.25, 0.3) is 0 Å². The number of halogens is 1. The third-order valence-electron chi connectivity index (χ3n) is 4.55. The van der Waals surface area contributed by atoms with Crippen LogP contribution in [-0.4, -0.2) is 18.1 Å². The summed E-state index contributed by atoms with van der Waals surface area (Å²) in [7, 11) is 0. The monoisotopic (exact) mass is 336 g/mol. The Balaban J connectivity index is 1.71. The largest absolute Gasteiger partial charge is 0.367 e. The smallest absolute Gasteiger partial charge is 0.0513 e. The zero-order chi connectivity index (χ0) is 14.3. The second kappa shape index (κ2) is 5.34. The highest BCUT2D eigenvalue weighted by atomic mass is 79.9. The van der Waals surface area contributed by atoms with Gasteiger partial charge in [-0.25, -0.2) is 0 Å². The van der Waals surface area contributed by atoms with Crippen LogP contribution in [0.2, 0.25) is 0 Å². The van der Waals surface area contributed by atoms with Gasteiger partial charge in [-0.05, 0) is 79.6 Å². The van der Waals surface area contributed by atoms with Crippen LogP contribution in [-0.2, 0) is 6.54 Å². The fourth-order valence-corrected chi connectivity index (χ4v) is 4.13. The Morgan fingerprint density at radius 1 is 1.30 bits per heavy atom. The fourth-order valence-electron chi connectivity index (χ4n) is 3.48. The Morgan fingerprint density at radius 2 is 2.10 bits per heavy atom. The highest BCUT2D eigenvalue weighted by Gasteiger charge is 2.38. The molecule has 1 N–H and O–H groups in total. The normalized spacial score (nSPS) is 25.5. The molecule has 1 saturated heterocycles. The number of hydrogen-bond donors (Lipinski definition) is 1. The quantitative estimate of drug-likeness (QED) is 0.883. The van der Waals surface area contributed by atoms with E-state index in [0.717, 1.165) is 18.5 Å². The molecule has 2 unspecified atom stereocenters. The third kappa shape index (κ3) is 3.04. The SMILES string of the molecule is CC(C)(C)NCc1ccc(N2CC3CCC2C3)c(Br)c1. The number of benzene rings is 1. The van der Waals surface area contributed by atoms with Crippen LogP contribution in [0.15, 0.2) is 22.7 Å². The highest BCUT2D eigenvalue weighted by molar-refractivity contribution is 9.10. The van der Waals surface area contributed by atoms with Gasteiger partial charge in [-0.2, -0.15) is 0 Å². The van der Waals surface area contributed by atoms with Crippen LogP contribution in [0, 0.1) is 5.92 Å². The first-order valence-corrected chi connectivity index (χ1v) is 8.52. The van der Waals surface area contributed by atoms with E-state index in [1.54, 1.807) is 0 Å². The molecule has 20 heavy (non-hydrogen) atoms. The molecule has 1 aromatic rings. The Kier molecular flexibility index (Phi) is 3.85. The maximum absolute atomic E-state index is 3.78. The molecule has 2 bridgehead atoms. The predicted molar refractivity (Wildman–Crippen MR) is 89.2 cm³/mol. The molecule has 0 spiro atoms. The minimum absolute atomic E-state index is 0.166. The van der Waals surface area contributed by atoms with Crippen LogP contribution < -0.4 is 10.2 Å². The second-order valence-electron chi connectivity index (χ2n) is 7.37. The van der Waals surface area contributed by atoms with E-state index >= 15 is 0 Å². The number of hydrogen-bond acceptors (Lipinski definition) is 2. The molecule has 0 amide bonds. The van der Waals surface area contributed by atoms with Crippen molar-refractivity contribution >= 4 is 21.6 Å². The van der Waals surface area contributed by atoms with E-state index in [0.29, 0.717) is 0 Å². The van der Waals surface area contributed by atoms with Crippen molar-refractivity contribution in [2.75, 3.05) is 11.4 Å². The maximum Gasteiger partial charge on any atom is 0.0513 e. The summed E-state index contributed by atoms with van der Waals surface area (Å²) in [5.41, 5.74) is 2.90. The molecule has 2 atom stereocenters. The summed E-state index contributed by atoms with van der Waals surface area (Å²) in [5.74, 6) is 0.939. The first kappa shape index (κ1) is 14.4. The molecule has 3 rings (SSSR count). The molecular formula is C17H25BrN2. The van der Waals surface area contributed by atoms with Crippen LogP contribution >= 0.6 is 15.9 Å². The van der Waals surface area contributed by atoms with Crippen molar-refractivity contribution in [1.82, 2.24) is 5.32 Å². The van der Waals surface area contributed by atoms with Crippen molar-refractivity contribution < 1.29 is 0 Å². The van der Waals surface area contributed by atoms with Crippen molar-refractivity contribution in [1.29, 1.82) is 0 Å². The van der Waals surface area contributed by atoms with E-state index in [4.69, 9.17) is 0 Å². The van der Waals surface area contributed by atoms with Crippen molar-refractivity contribution in [3.8, 4) is 0 Å². The van der Waals surface area contributed by atoms with Gasteiger partial charge in [0.05, 0.1) is 5.69 Å². The lowest BCUT2D eigenvalue weighted by atomic mass is 10.1. The number of piperidine rings is 1. The van der Waals surface area contributed by atoms with Crippen molar-refractivity contribution in [2.24, 2.45) is 5.92 Å². The second-order valence-corrected chi connectivity index (χ2v) is 8.23. The Morgan fingerprint density at radius 3 is 2.65 bits per heavy atom. The van der Waals surface area contributed by atoms with Crippen molar-refractivity contribution in [2.45, 2.75) is 58.2 Å². The van der Waals surface area contributed by atoms with Gasteiger partial charge in [0.2, 0.25) is 0 Å².